The molecule has 0 aromatic heterocycles. The summed E-state index contributed by atoms with van der Waals surface area (Å²) in [5, 5.41) is 19.3. The summed E-state index contributed by atoms with van der Waals surface area (Å²) in [5.41, 5.74) is 1.88. The Hall–Kier alpha value is -1.51. The molecule has 18 heavy (non-hydrogen) atoms. The first kappa shape index (κ1) is 12.9. The molecule has 0 saturated heterocycles. The molecule has 1 aliphatic carbocycles. The van der Waals surface area contributed by atoms with Crippen molar-refractivity contribution >= 4 is 5.97 Å². The van der Waals surface area contributed by atoms with Crippen molar-refractivity contribution < 1.29 is 15.0 Å². The number of aryl methyl sites for hydroxylation is 1. The lowest BCUT2D eigenvalue weighted by Gasteiger charge is -2.24. The van der Waals surface area contributed by atoms with Crippen LogP contribution in [0.2, 0.25) is 0 Å². The van der Waals surface area contributed by atoms with Gasteiger partial charge in [-0.3, -0.25) is 0 Å². The zero-order chi connectivity index (χ0) is 13.1. The summed E-state index contributed by atoms with van der Waals surface area (Å²) in [5.74, 6) is -0.741. The minimum absolute atomic E-state index is 0.0217. The predicted molar refractivity (Wildman–Crippen MR) is 70.3 cm³/mol. The number of carboxylic acids is 1. The van der Waals surface area contributed by atoms with Crippen LogP contribution in [0, 0.1) is 0 Å². The highest BCUT2D eigenvalue weighted by atomic mass is 16.4. The predicted octanol–water partition coefficient (Wildman–Crippen LogP) is 3.70. The molecule has 1 aromatic carbocycles. The molecule has 2 N–H and O–H groups in total. The second kappa shape index (κ2) is 5.42. The summed E-state index contributed by atoms with van der Waals surface area (Å²) in [6, 6.07) is 3.57. The molecule has 1 aromatic rings. The molecule has 3 heteroatoms. The van der Waals surface area contributed by atoms with Gasteiger partial charge in [0.1, 0.15) is 11.3 Å². The maximum atomic E-state index is 11.2. The van der Waals surface area contributed by atoms with E-state index in [2.05, 4.69) is 0 Å². The standard InChI is InChI=1S/C15H20O3/c1-2-10-8-12(11-6-4-3-5-7-11)14(16)13(9-10)15(17)18/h8-9,11,16H,2-7H2,1H3,(H,17,18). The number of carbonyl (C=O) groups is 1. The Labute approximate surface area is 107 Å². The van der Waals surface area contributed by atoms with Crippen LogP contribution in [-0.2, 0) is 6.42 Å². The fourth-order valence-corrected chi connectivity index (χ4v) is 2.81. The minimum Gasteiger partial charge on any atom is -0.507 e. The number of phenols is 1. The van der Waals surface area contributed by atoms with Gasteiger partial charge < -0.3 is 10.2 Å². The van der Waals surface area contributed by atoms with Gasteiger partial charge in [-0.1, -0.05) is 32.3 Å². The molecule has 98 valence electrons. The molecule has 0 spiro atoms. The van der Waals surface area contributed by atoms with E-state index in [1.807, 2.05) is 13.0 Å². The Kier molecular flexibility index (Phi) is 3.90. The summed E-state index contributed by atoms with van der Waals surface area (Å²) in [6.07, 6.45) is 6.49. The average molecular weight is 248 g/mol. The Balaban J connectivity index is 2.44. The van der Waals surface area contributed by atoms with Crippen LogP contribution in [0.5, 0.6) is 5.75 Å². The molecule has 0 aliphatic heterocycles. The van der Waals surface area contributed by atoms with E-state index >= 15 is 0 Å². The number of rotatable bonds is 3. The molecule has 0 heterocycles. The first-order valence-electron chi connectivity index (χ1n) is 6.72. The van der Waals surface area contributed by atoms with Crippen LogP contribution in [0.15, 0.2) is 12.1 Å². The van der Waals surface area contributed by atoms with Crippen molar-refractivity contribution in [1.82, 2.24) is 0 Å². The average Bonchev–Trinajstić information content (AvgIpc) is 2.39. The van der Waals surface area contributed by atoms with Gasteiger partial charge in [0.05, 0.1) is 0 Å². The van der Waals surface area contributed by atoms with E-state index in [-0.39, 0.29) is 11.3 Å². The fourth-order valence-electron chi connectivity index (χ4n) is 2.81. The Morgan fingerprint density at radius 3 is 2.50 bits per heavy atom. The lowest BCUT2D eigenvalue weighted by atomic mass is 9.82. The highest BCUT2D eigenvalue weighted by Crippen LogP contribution is 2.39. The van der Waals surface area contributed by atoms with Crippen LogP contribution in [-0.4, -0.2) is 16.2 Å². The van der Waals surface area contributed by atoms with Crippen LogP contribution in [0.3, 0.4) is 0 Å². The van der Waals surface area contributed by atoms with Gasteiger partial charge in [-0.2, -0.15) is 0 Å². The normalized spacial score (nSPS) is 16.7. The molecule has 0 radical (unpaired) electrons. The third-order valence-electron chi connectivity index (χ3n) is 3.88. The summed E-state index contributed by atoms with van der Waals surface area (Å²) < 4.78 is 0. The van der Waals surface area contributed by atoms with Crippen LogP contribution in [0.1, 0.15) is 66.4 Å². The molecule has 1 saturated carbocycles. The molecule has 1 fully saturated rings. The van der Waals surface area contributed by atoms with Gasteiger partial charge in [-0.05, 0) is 42.4 Å². The van der Waals surface area contributed by atoms with Gasteiger partial charge in [0.2, 0.25) is 0 Å². The van der Waals surface area contributed by atoms with Crippen LogP contribution in [0.25, 0.3) is 0 Å². The monoisotopic (exact) mass is 248 g/mol. The van der Waals surface area contributed by atoms with Gasteiger partial charge in [0, 0.05) is 0 Å². The quantitative estimate of drug-likeness (QED) is 0.857. The molecular weight excluding hydrogens is 228 g/mol. The zero-order valence-corrected chi connectivity index (χ0v) is 10.8. The molecule has 0 amide bonds. The molecule has 0 bridgehead atoms. The summed E-state index contributed by atoms with van der Waals surface area (Å²) >= 11 is 0. The number of carboxylic acid groups (broad SMARTS) is 1. The maximum Gasteiger partial charge on any atom is 0.339 e. The molecular formula is C15H20O3. The van der Waals surface area contributed by atoms with Gasteiger partial charge in [-0.15, -0.1) is 0 Å². The number of hydrogen-bond acceptors (Lipinski definition) is 2. The van der Waals surface area contributed by atoms with Crippen LogP contribution >= 0.6 is 0 Å². The van der Waals surface area contributed by atoms with E-state index in [0.29, 0.717) is 5.92 Å². The van der Waals surface area contributed by atoms with Gasteiger partial charge in [0.15, 0.2) is 0 Å². The van der Waals surface area contributed by atoms with Crippen molar-refractivity contribution in [3.8, 4) is 5.75 Å². The Morgan fingerprint density at radius 1 is 1.28 bits per heavy atom. The number of benzene rings is 1. The molecule has 0 atom stereocenters. The van der Waals surface area contributed by atoms with Crippen molar-refractivity contribution in [2.75, 3.05) is 0 Å². The van der Waals surface area contributed by atoms with Gasteiger partial charge in [0.25, 0.3) is 0 Å². The van der Waals surface area contributed by atoms with Gasteiger partial charge in [-0.25, -0.2) is 4.79 Å². The van der Waals surface area contributed by atoms with E-state index < -0.39 is 5.97 Å². The van der Waals surface area contributed by atoms with E-state index in [9.17, 15) is 9.90 Å². The number of hydrogen-bond donors (Lipinski definition) is 2. The SMILES string of the molecule is CCc1cc(C(=O)O)c(O)c(C2CCCCC2)c1. The fraction of sp³-hybridized carbons (Fsp3) is 0.533. The second-order valence-electron chi connectivity index (χ2n) is 5.07. The van der Waals surface area contributed by atoms with Gasteiger partial charge >= 0.3 is 5.97 Å². The van der Waals surface area contributed by atoms with E-state index in [1.165, 1.54) is 19.3 Å². The molecule has 2 rings (SSSR count). The third kappa shape index (κ3) is 2.50. The highest BCUT2D eigenvalue weighted by Gasteiger charge is 2.23. The van der Waals surface area contributed by atoms with Crippen molar-refractivity contribution in [3.05, 3.63) is 28.8 Å². The van der Waals surface area contributed by atoms with Crippen molar-refractivity contribution in [2.24, 2.45) is 0 Å². The summed E-state index contributed by atoms with van der Waals surface area (Å²) in [4.78, 5) is 11.2. The number of aromatic carboxylic acids is 1. The molecule has 0 unspecified atom stereocenters. The smallest absolute Gasteiger partial charge is 0.339 e. The second-order valence-corrected chi connectivity index (χ2v) is 5.07. The number of aromatic hydroxyl groups is 1. The molecule has 3 nitrogen and oxygen atoms in total. The largest absolute Gasteiger partial charge is 0.507 e. The van der Waals surface area contributed by atoms with Crippen molar-refractivity contribution in [3.63, 3.8) is 0 Å². The maximum absolute atomic E-state index is 11.2. The van der Waals surface area contributed by atoms with Crippen molar-refractivity contribution in [1.29, 1.82) is 0 Å². The highest BCUT2D eigenvalue weighted by molar-refractivity contribution is 5.91. The first-order valence-corrected chi connectivity index (χ1v) is 6.72. The van der Waals surface area contributed by atoms with E-state index in [1.54, 1.807) is 6.07 Å². The summed E-state index contributed by atoms with van der Waals surface area (Å²) in [6.45, 7) is 2.00. The summed E-state index contributed by atoms with van der Waals surface area (Å²) in [7, 11) is 0. The topological polar surface area (TPSA) is 57.5 Å². The van der Waals surface area contributed by atoms with E-state index in [4.69, 9.17) is 5.11 Å². The van der Waals surface area contributed by atoms with Crippen LogP contribution in [0.4, 0.5) is 0 Å². The zero-order valence-electron chi connectivity index (χ0n) is 10.8. The molecule has 1 aliphatic rings. The lowest BCUT2D eigenvalue weighted by Crippen LogP contribution is -2.08. The first-order chi connectivity index (χ1) is 8.63. The van der Waals surface area contributed by atoms with Crippen LogP contribution < -0.4 is 0 Å². The Bertz CT molecular complexity index is 445. The minimum atomic E-state index is -1.04. The van der Waals surface area contributed by atoms with E-state index in [0.717, 1.165) is 30.4 Å². The third-order valence-corrected chi connectivity index (χ3v) is 3.88. The van der Waals surface area contributed by atoms with Crippen molar-refractivity contribution in [2.45, 2.75) is 51.4 Å². The lowest BCUT2D eigenvalue weighted by molar-refractivity contribution is 0.0693. The Morgan fingerprint density at radius 2 is 1.94 bits per heavy atom.